The second-order valence-corrected chi connectivity index (χ2v) is 5.19. The van der Waals surface area contributed by atoms with Crippen LogP contribution in [0, 0.1) is 0 Å². The van der Waals surface area contributed by atoms with Crippen LogP contribution in [0.15, 0.2) is 48.5 Å². The molecule has 0 aromatic heterocycles. The molecule has 0 radical (unpaired) electrons. The number of benzene rings is 2. The number of carboxylic acids is 2. The van der Waals surface area contributed by atoms with E-state index in [1.54, 1.807) is 13.0 Å². The first-order valence-corrected chi connectivity index (χ1v) is 7.31. The summed E-state index contributed by atoms with van der Waals surface area (Å²) in [6.07, 6.45) is 0.368. The molecular formula is C18H20O6. The van der Waals surface area contributed by atoms with Crippen molar-refractivity contribution in [3.05, 3.63) is 59.7 Å². The van der Waals surface area contributed by atoms with Crippen LogP contribution >= 0.6 is 0 Å². The smallest absolute Gasteiger partial charge is 0.310 e. The molecule has 0 bridgehead atoms. The summed E-state index contributed by atoms with van der Waals surface area (Å²) >= 11 is 0. The first-order valence-electron chi connectivity index (χ1n) is 7.31. The first kappa shape index (κ1) is 19.0. The van der Waals surface area contributed by atoms with Gasteiger partial charge in [-0.1, -0.05) is 36.4 Å². The Labute approximate surface area is 139 Å². The van der Waals surface area contributed by atoms with Gasteiger partial charge in [0, 0.05) is 6.42 Å². The highest BCUT2D eigenvalue weighted by Gasteiger charge is 2.11. The highest BCUT2D eigenvalue weighted by molar-refractivity contribution is 5.75. The third-order valence-electron chi connectivity index (χ3n) is 3.34. The molecule has 0 saturated heterocycles. The van der Waals surface area contributed by atoms with Crippen molar-refractivity contribution in [2.24, 2.45) is 0 Å². The SMILES string of the molecule is CC(C(=O)O)c1ccccc1.O=C(O)CCc1ccc(O)c(O)c1. The maximum atomic E-state index is 10.5. The van der Waals surface area contributed by atoms with Crippen molar-refractivity contribution in [2.75, 3.05) is 0 Å². The monoisotopic (exact) mass is 332 g/mol. The summed E-state index contributed by atoms with van der Waals surface area (Å²) in [7, 11) is 0. The molecule has 0 spiro atoms. The molecular weight excluding hydrogens is 312 g/mol. The predicted octanol–water partition coefficient (Wildman–Crippen LogP) is 2.99. The van der Waals surface area contributed by atoms with Crippen LogP contribution in [-0.2, 0) is 16.0 Å². The minimum Gasteiger partial charge on any atom is -0.504 e. The zero-order chi connectivity index (χ0) is 18.1. The molecule has 1 unspecified atom stereocenters. The topological polar surface area (TPSA) is 115 Å². The van der Waals surface area contributed by atoms with Crippen LogP contribution in [0.3, 0.4) is 0 Å². The Bertz CT molecular complexity index is 681. The molecule has 0 heterocycles. The summed E-state index contributed by atoms with van der Waals surface area (Å²) in [6.45, 7) is 1.68. The van der Waals surface area contributed by atoms with E-state index < -0.39 is 17.9 Å². The van der Waals surface area contributed by atoms with Crippen LogP contribution in [0.25, 0.3) is 0 Å². The van der Waals surface area contributed by atoms with E-state index in [9.17, 15) is 9.59 Å². The van der Waals surface area contributed by atoms with Gasteiger partial charge in [0.25, 0.3) is 0 Å². The van der Waals surface area contributed by atoms with Gasteiger partial charge in [0.1, 0.15) is 0 Å². The maximum absolute atomic E-state index is 10.5. The van der Waals surface area contributed by atoms with Crippen LogP contribution in [0.5, 0.6) is 11.5 Å². The molecule has 24 heavy (non-hydrogen) atoms. The molecule has 0 amide bonds. The summed E-state index contributed by atoms with van der Waals surface area (Å²) < 4.78 is 0. The molecule has 2 aromatic rings. The van der Waals surface area contributed by atoms with E-state index >= 15 is 0 Å². The standard InChI is InChI=1S/C9H10O4.C9H10O2/c10-7-3-1-6(5-8(7)11)2-4-9(12)13;1-7(9(10)11)8-5-3-2-4-6-8/h1,3,5,10-11H,2,4H2,(H,12,13);2-7H,1H3,(H,10,11). The molecule has 6 heteroatoms. The molecule has 2 aromatic carbocycles. The second kappa shape index (κ2) is 9.19. The summed E-state index contributed by atoms with van der Waals surface area (Å²) in [4.78, 5) is 20.7. The largest absolute Gasteiger partial charge is 0.504 e. The van der Waals surface area contributed by atoms with Gasteiger partial charge in [0.15, 0.2) is 11.5 Å². The second-order valence-electron chi connectivity index (χ2n) is 5.19. The Kier molecular flexibility index (Phi) is 7.29. The van der Waals surface area contributed by atoms with Gasteiger partial charge in [-0.2, -0.15) is 0 Å². The molecule has 0 saturated carbocycles. The Morgan fingerprint density at radius 1 is 0.958 bits per heavy atom. The van der Waals surface area contributed by atoms with Crippen molar-refractivity contribution in [3.63, 3.8) is 0 Å². The highest BCUT2D eigenvalue weighted by atomic mass is 16.4. The lowest BCUT2D eigenvalue weighted by Crippen LogP contribution is -2.06. The molecule has 0 fully saturated rings. The van der Waals surface area contributed by atoms with Crippen LogP contribution in [0.2, 0.25) is 0 Å². The molecule has 0 aliphatic rings. The van der Waals surface area contributed by atoms with Crippen LogP contribution in [-0.4, -0.2) is 32.4 Å². The van der Waals surface area contributed by atoms with Gasteiger partial charge < -0.3 is 20.4 Å². The Balaban J connectivity index is 0.000000243. The zero-order valence-corrected chi connectivity index (χ0v) is 13.2. The van der Waals surface area contributed by atoms with Gasteiger partial charge in [-0.15, -0.1) is 0 Å². The minimum absolute atomic E-state index is 0.0181. The first-order chi connectivity index (χ1) is 11.3. The van der Waals surface area contributed by atoms with Gasteiger partial charge >= 0.3 is 11.9 Å². The number of aryl methyl sites for hydroxylation is 1. The normalized spacial score (nSPS) is 11.0. The number of carbonyl (C=O) groups is 2. The van der Waals surface area contributed by atoms with E-state index in [0.29, 0.717) is 12.0 Å². The number of carboxylic acid groups (broad SMARTS) is 2. The minimum atomic E-state index is -0.882. The van der Waals surface area contributed by atoms with E-state index in [4.69, 9.17) is 20.4 Å². The molecule has 2 rings (SSSR count). The third kappa shape index (κ3) is 6.39. The number of aromatic hydroxyl groups is 2. The number of phenolic OH excluding ortho intramolecular Hbond substituents is 2. The number of hydrogen-bond donors (Lipinski definition) is 4. The fraction of sp³-hybridized carbons (Fsp3) is 0.222. The molecule has 0 aliphatic carbocycles. The molecule has 4 N–H and O–H groups in total. The maximum Gasteiger partial charge on any atom is 0.310 e. The van der Waals surface area contributed by atoms with Gasteiger partial charge in [-0.05, 0) is 36.6 Å². The number of aliphatic carboxylic acids is 2. The average molecular weight is 332 g/mol. The summed E-state index contributed by atoms with van der Waals surface area (Å²) in [6, 6.07) is 13.5. The quantitative estimate of drug-likeness (QED) is 0.626. The third-order valence-corrected chi connectivity index (χ3v) is 3.34. The van der Waals surface area contributed by atoms with Crippen molar-refractivity contribution in [1.82, 2.24) is 0 Å². The van der Waals surface area contributed by atoms with E-state index in [2.05, 4.69) is 0 Å². The fourth-order valence-corrected chi connectivity index (χ4v) is 1.86. The van der Waals surface area contributed by atoms with Crippen molar-refractivity contribution in [1.29, 1.82) is 0 Å². The molecule has 6 nitrogen and oxygen atoms in total. The van der Waals surface area contributed by atoms with Gasteiger partial charge in [0.05, 0.1) is 5.92 Å². The zero-order valence-electron chi connectivity index (χ0n) is 13.2. The molecule has 0 aliphatic heterocycles. The van der Waals surface area contributed by atoms with E-state index in [0.717, 1.165) is 5.56 Å². The van der Waals surface area contributed by atoms with Crippen LogP contribution < -0.4 is 0 Å². The van der Waals surface area contributed by atoms with Crippen molar-refractivity contribution < 1.29 is 30.0 Å². The lowest BCUT2D eigenvalue weighted by atomic mass is 10.0. The lowest BCUT2D eigenvalue weighted by Gasteiger charge is -2.04. The van der Waals surface area contributed by atoms with Gasteiger partial charge in [-0.25, -0.2) is 0 Å². The van der Waals surface area contributed by atoms with Gasteiger partial charge in [-0.3, -0.25) is 9.59 Å². The average Bonchev–Trinajstić information content (AvgIpc) is 2.56. The van der Waals surface area contributed by atoms with Crippen molar-refractivity contribution in [3.8, 4) is 11.5 Å². The Morgan fingerprint density at radius 2 is 1.58 bits per heavy atom. The number of phenols is 2. The summed E-state index contributed by atoms with van der Waals surface area (Å²) in [5.41, 5.74) is 1.54. The van der Waals surface area contributed by atoms with Crippen LogP contribution in [0.1, 0.15) is 30.4 Å². The Hall–Kier alpha value is -3.02. The Morgan fingerprint density at radius 3 is 2.08 bits per heavy atom. The number of hydrogen-bond acceptors (Lipinski definition) is 4. The van der Waals surface area contributed by atoms with E-state index in [1.807, 2.05) is 30.3 Å². The summed E-state index contributed by atoms with van der Waals surface area (Å²) in [5.74, 6) is -2.48. The predicted molar refractivity (Wildman–Crippen MR) is 88.2 cm³/mol. The van der Waals surface area contributed by atoms with E-state index in [-0.39, 0.29) is 17.9 Å². The highest BCUT2D eigenvalue weighted by Crippen LogP contribution is 2.25. The molecule has 1 atom stereocenters. The van der Waals surface area contributed by atoms with Gasteiger partial charge in [0.2, 0.25) is 0 Å². The van der Waals surface area contributed by atoms with E-state index in [1.165, 1.54) is 12.1 Å². The lowest BCUT2D eigenvalue weighted by molar-refractivity contribution is -0.138. The van der Waals surface area contributed by atoms with Crippen molar-refractivity contribution >= 4 is 11.9 Å². The fourth-order valence-electron chi connectivity index (χ4n) is 1.86. The number of rotatable bonds is 5. The van der Waals surface area contributed by atoms with Crippen LogP contribution in [0.4, 0.5) is 0 Å². The summed E-state index contributed by atoms with van der Waals surface area (Å²) in [5, 5.41) is 35.0. The van der Waals surface area contributed by atoms with Crippen molar-refractivity contribution in [2.45, 2.75) is 25.7 Å². The molecule has 128 valence electrons.